The third kappa shape index (κ3) is 5.64. The molecular weight excluding hydrogens is 496 g/mol. The van der Waals surface area contributed by atoms with Crippen LogP contribution < -0.4 is 14.8 Å². The van der Waals surface area contributed by atoms with Crippen LogP contribution in [0.1, 0.15) is 38.3 Å². The van der Waals surface area contributed by atoms with Crippen LogP contribution in [0.3, 0.4) is 0 Å². The molecule has 0 unspecified atom stereocenters. The number of alkyl halides is 3. The standard InChI is InChI=1S/C22H19ClF4N4O4/c1-20(18-30-31-19(35-18)34-13-4-6-16(28-8-13)22(25,26)27)10-21(2,11-20)29-17(32)9-33-12-3-5-14(23)15(24)7-12/h3-8H,9-11H2,1-2H3,(H,29,32). The van der Waals surface area contributed by atoms with E-state index in [1.54, 1.807) is 0 Å². The summed E-state index contributed by atoms with van der Waals surface area (Å²) in [5.41, 5.74) is -2.19. The van der Waals surface area contributed by atoms with Crippen molar-refractivity contribution in [3.63, 3.8) is 0 Å². The third-order valence-corrected chi connectivity index (χ3v) is 5.72. The number of carbonyl (C=O) groups excluding carboxylic acids is 1. The van der Waals surface area contributed by atoms with Crippen molar-refractivity contribution in [2.24, 2.45) is 0 Å². The van der Waals surface area contributed by atoms with E-state index < -0.39 is 34.5 Å². The average molecular weight is 515 g/mol. The van der Waals surface area contributed by atoms with Crippen molar-refractivity contribution in [1.29, 1.82) is 0 Å². The van der Waals surface area contributed by atoms with Crippen molar-refractivity contribution < 1.29 is 36.2 Å². The van der Waals surface area contributed by atoms with Crippen LogP contribution in [-0.2, 0) is 16.4 Å². The highest BCUT2D eigenvalue weighted by Crippen LogP contribution is 2.49. The van der Waals surface area contributed by atoms with Crippen LogP contribution in [0.5, 0.6) is 17.6 Å². The van der Waals surface area contributed by atoms with E-state index in [0.29, 0.717) is 12.8 Å². The second-order valence-corrected chi connectivity index (χ2v) is 9.15. The van der Waals surface area contributed by atoms with Gasteiger partial charge in [-0.05, 0) is 44.0 Å². The molecule has 1 amide bonds. The van der Waals surface area contributed by atoms with Gasteiger partial charge >= 0.3 is 12.3 Å². The van der Waals surface area contributed by atoms with Gasteiger partial charge in [-0.1, -0.05) is 23.6 Å². The predicted octanol–water partition coefficient (Wildman–Crippen LogP) is 5.07. The molecule has 35 heavy (non-hydrogen) atoms. The fraction of sp³-hybridized carbons (Fsp3) is 0.364. The molecule has 1 aliphatic rings. The van der Waals surface area contributed by atoms with Gasteiger partial charge in [-0.25, -0.2) is 9.37 Å². The Morgan fingerprint density at radius 1 is 1.17 bits per heavy atom. The molecule has 13 heteroatoms. The highest BCUT2D eigenvalue weighted by Gasteiger charge is 2.53. The van der Waals surface area contributed by atoms with Gasteiger partial charge in [0.15, 0.2) is 12.4 Å². The van der Waals surface area contributed by atoms with Crippen LogP contribution in [0.15, 0.2) is 40.9 Å². The SMILES string of the molecule is CC1(NC(=O)COc2ccc(Cl)c(F)c2)CC(C)(c2nnc(Oc3ccc(C(F)(F)F)nc3)o2)C1. The van der Waals surface area contributed by atoms with Gasteiger partial charge in [0, 0.05) is 11.6 Å². The van der Waals surface area contributed by atoms with E-state index >= 15 is 0 Å². The van der Waals surface area contributed by atoms with Crippen molar-refractivity contribution in [1.82, 2.24) is 20.5 Å². The molecule has 1 N–H and O–H groups in total. The predicted molar refractivity (Wildman–Crippen MR) is 114 cm³/mol. The third-order valence-electron chi connectivity index (χ3n) is 5.42. The van der Waals surface area contributed by atoms with Crippen molar-refractivity contribution in [2.45, 2.75) is 43.8 Å². The number of amides is 1. The Kier molecular flexibility index (Phi) is 6.34. The zero-order valence-corrected chi connectivity index (χ0v) is 19.2. The van der Waals surface area contributed by atoms with Crippen molar-refractivity contribution in [3.8, 4) is 17.6 Å². The molecule has 1 fully saturated rings. The van der Waals surface area contributed by atoms with E-state index in [-0.39, 0.29) is 35.1 Å². The van der Waals surface area contributed by atoms with E-state index in [4.69, 9.17) is 25.5 Å². The summed E-state index contributed by atoms with van der Waals surface area (Å²) >= 11 is 5.62. The van der Waals surface area contributed by atoms with Crippen molar-refractivity contribution in [2.75, 3.05) is 6.61 Å². The maximum atomic E-state index is 13.5. The van der Waals surface area contributed by atoms with E-state index in [2.05, 4.69) is 20.5 Å². The van der Waals surface area contributed by atoms with Crippen molar-refractivity contribution in [3.05, 3.63) is 59.0 Å². The second kappa shape index (κ2) is 8.99. The lowest BCUT2D eigenvalue weighted by Gasteiger charge is -2.51. The lowest BCUT2D eigenvalue weighted by molar-refractivity contribution is -0.141. The number of nitrogens with zero attached hydrogens (tertiary/aromatic N) is 3. The molecule has 2 heterocycles. The summed E-state index contributed by atoms with van der Waals surface area (Å²) in [5, 5.41) is 10.6. The highest BCUT2D eigenvalue weighted by molar-refractivity contribution is 6.30. The smallest absolute Gasteiger partial charge is 0.433 e. The lowest BCUT2D eigenvalue weighted by atomic mass is 9.59. The number of halogens is 5. The zero-order valence-electron chi connectivity index (χ0n) is 18.4. The minimum atomic E-state index is -4.56. The molecular formula is C22H19ClF4N4O4. The minimum Gasteiger partial charge on any atom is -0.484 e. The molecule has 0 spiro atoms. The molecule has 2 aromatic heterocycles. The Labute approximate surface area is 201 Å². The van der Waals surface area contributed by atoms with Crippen LogP contribution >= 0.6 is 11.6 Å². The topological polar surface area (TPSA) is 99.4 Å². The first-order valence-electron chi connectivity index (χ1n) is 10.3. The van der Waals surface area contributed by atoms with Gasteiger partial charge in [0.25, 0.3) is 5.91 Å². The molecule has 0 saturated heterocycles. The van der Waals surface area contributed by atoms with Gasteiger partial charge in [-0.2, -0.15) is 13.2 Å². The number of rotatable bonds is 7. The Morgan fingerprint density at radius 3 is 2.51 bits per heavy atom. The number of aromatic nitrogens is 3. The van der Waals surface area contributed by atoms with Crippen LogP contribution in [0, 0.1) is 5.82 Å². The first-order chi connectivity index (χ1) is 16.4. The normalized spacial score (nSPS) is 21.8. The average Bonchev–Trinajstić information content (AvgIpc) is 3.22. The van der Waals surface area contributed by atoms with Gasteiger partial charge in [0.1, 0.15) is 17.3 Å². The molecule has 0 bridgehead atoms. The van der Waals surface area contributed by atoms with E-state index in [1.807, 2.05) is 13.8 Å². The Balaban J connectivity index is 1.30. The van der Waals surface area contributed by atoms with Gasteiger partial charge in [0.2, 0.25) is 5.89 Å². The summed E-state index contributed by atoms with van der Waals surface area (Å²) in [6, 6.07) is 5.75. The largest absolute Gasteiger partial charge is 0.484 e. The molecule has 186 valence electrons. The first-order valence-corrected chi connectivity index (χ1v) is 10.7. The zero-order chi connectivity index (χ0) is 25.4. The number of benzene rings is 1. The Hall–Kier alpha value is -3.41. The first kappa shape index (κ1) is 24.7. The quantitative estimate of drug-likeness (QED) is 0.439. The monoisotopic (exact) mass is 514 g/mol. The molecule has 3 aromatic rings. The van der Waals surface area contributed by atoms with Gasteiger partial charge < -0.3 is 19.2 Å². The molecule has 1 aliphatic carbocycles. The summed E-state index contributed by atoms with van der Waals surface area (Å²) in [5.74, 6) is -0.609. The van der Waals surface area contributed by atoms with Crippen LogP contribution in [0.4, 0.5) is 17.6 Å². The minimum absolute atomic E-state index is 0.00429. The summed E-state index contributed by atoms with van der Waals surface area (Å²) in [7, 11) is 0. The molecule has 4 rings (SSSR count). The lowest BCUT2D eigenvalue weighted by Crippen LogP contribution is -2.61. The Morgan fingerprint density at radius 2 is 1.89 bits per heavy atom. The van der Waals surface area contributed by atoms with E-state index in [1.165, 1.54) is 12.1 Å². The molecule has 1 saturated carbocycles. The number of hydrogen-bond donors (Lipinski definition) is 1. The maximum absolute atomic E-state index is 13.5. The van der Waals surface area contributed by atoms with E-state index in [0.717, 1.165) is 24.4 Å². The summed E-state index contributed by atoms with van der Waals surface area (Å²) in [4.78, 5) is 15.6. The Bertz CT molecular complexity index is 1230. The highest BCUT2D eigenvalue weighted by atomic mass is 35.5. The molecule has 8 nitrogen and oxygen atoms in total. The maximum Gasteiger partial charge on any atom is 0.433 e. The number of hydrogen-bond acceptors (Lipinski definition) is 7. The number of ether oxygens (including phenoxy) is 2. The number of carbonyl (C=O) groups is 1. The second-order valence-electron chi connectivity index (χ2n) is 8.74. The molecule has 0 atom stereocenters. The van der Waals surface area contributed by atoms with Gasteiger partial charge in [-0.15, -0.1) is 5.10 Å². The van der Waals surface area contributed by atoms with Crippen LogP contribution in [0.25, 0.3) is 0 Å². The number of pyridine rings is 1. The van der Waals surface area contributed by atoms with Gasteiger partial charge in [-0.3, -0.25) is 4.79 Å². The fourth-order valence-corrected chi connectivity index (χ4v) is 4.32. The van der Waals surface area contributed by atoms with Crippen LogP contribution in [0.2, 0.25) is 5.02 Å². The number of nitrogens with one attached hydrogen (secondary N) is 1. The fourth-order valence-electron chi connectivity index (χ4n) is 4.20. The molecule has 0 aliphatic heterocycles. The molecule has 1 aromatic carbocycles. The van der Waals surface area contributed by atoms with E-state index in [9.17, 15) is 22.4 Å². The summed E-state index contributed by atoms with van der Waals surface area (Å²) in [6.45, 7) is 3.40. The van der Waals surface area contributed by atoms with Gasteiger partial charge in [0.05, 0.1) is 16.6 Å². The van der Waals surface area contributed by atoms with Crippen LogP contribution in [-0.4, -0.2) is 33.2 Å². The summed E-state index contributed by atoms with van der Waals surface area (Å²) < 4.78 is 67.5. The molecule has 0 radical (unpaired) electrons. The van der Waals surface area contributed by atoms with Crippen molar-refractivity contribution >= 4 is 17.5 Å². The summed E-state index contributed by atoms with van der Waals surface area (Å²) in [6.07, 6.45) is -2.97.